The minimum absolute atomic E-state index is 0.0846. The number of fused-ring (bicyclic) bond motifs is 2. The lowest BCUT2D eigenvalue weighted by molar-refractivity contribution is -0.137. The number of aromatic nitrogens is 4. The van der Waals surface area contributed by atoms with Gasteiger partial charge in [-0.15, -0.1) is 0 Å². The summed E-state index contributed by atoms with van der Waals surface area (Å²) in [6.45, 7) is 12.3. The summed E-state index contributed by atoms with van der Waals surface area (Å²) in [5.41, 5.74) is 4.68. The van der Waals surface area contributed by atoms with Crippen LogP contribution in [0, 0.1) is 10.8 Å². The topological polar surface area (TPSA) is 107 Å². The van der Waals surface area contributed by atoms with Crippen molar-refractivity contribution in [1.29, 1.82) is 0 Å². The third kappa shape index (κ3) is 5.39. The number of carbonyl (C=O) groups excluding carboxylic acids is 2. The Hall–Kier alpha value is -4.64. The fraction of sp³-hybridized carbons (Fsp3) is 0.467. The lowest BCUT2D eigenvalue weighted by Crippen LogP contribution is -2.45. The standard InChI is InChI=1S/C45H46ClF3N6O2/c1-41(2)18-29-33(31(56)20-41)44(6,35-37(22-10-11-22)51-53-39(35)50-29)27-15-14-26(17-28(27)46)55-30-19-42(3,4)21-32(57)34(30)43(5,24-8-7-9-25(16-24)45(47,48)49)36-38(23-12-13-23)52-54-40(36)55/h7-9,14-17,22-23H,10-13,18-21H2,1-6H3,(H,52,54)(H2,50,51,53)/t43-,44?/m1/s1. The van der Waals surface area contributed by atoms with E-state index in [1.165, 1.54) is 12.1 Å². The van der Waals surface area contributed by atoms with E-state index in [2.05, 4.69) is 36.3 Å². The minimum atomic E-state index is -4.56. The summed E-state index contributed by atoms with van der Waals surface area (Å²) in [6, 6.07) is 11.3. The predicted molar refractivity (Wildman–Crippen MR) is 213 cm³/mol. The van der Waals surface area contributed by atoms with E-state index in [-0.39, 0.29) is 29.3 Å². The van der Waals surface area contributed by atoms with Crippen LogP contribution in [0.3, 0.4) is 0 Å². The van der Waals surface area contributed by atoms with E-state index >= 15 is 0 Å². The monoisotopic (exact) mass is 794 g/mol. The molecule has 3 N–H and O–H groups in total. The molecule has 8 nitrogen and oxygen atoms in total. The molecule has 2 atom stereocenters. The van der Waals surface area contributed by atoms with E-state index < -0.39 is 28.0 Å². The van der Waals surface area contributed by atoms with Gasteiger partial charge in [-0.2, -0.15) is 23.4 Å². The lowest BCUT2D eigenvalue weighted by atomic mass is 9.60. The van der Waals surface area contributed by atoms with Crippen molar-refractivity contribution in [2.45, 2.75) is 122 Å². The highest BCUT2D eigenvalue weighted by atomic mass is 35.5. The number of nitrogens with one attached hydrogen (secondary N) is 3. The molecule has 2 aromatic heterocycles. The first-order valence-electron chi connectivity index (χ1n) is 20.1. The Labute approximate surface area is 334 Å². The minimum Gasteiger partial charge on any atom is -0.342 e. The van der Waals surface area contributed by atoms with Crippen LogP contribution in [-0.2, 0) is 26.6 Å². The molecule has 0 spiro atoms. The molecule has 2 aliphatic heterocycles. The van der Waals surface area contributed by atoms with Gasteiger partial charge in [-0.3, -0.25) is 24.7 Å². The Morgan fingerprint density at radius 2 is 1.39 bits per heavy atom. The third-order valence-electron chi connectivity index (χ3n) is 13.5. The molecule has 0 amide bonds. The molecular formula is C45H46ClF3N6O2. The average molecular weight is 795 g/mol. The number of halogens is 4. The van der Waals surface area contributed by atoms with E-state index in [0.29, 0.717) is 58.5 Å². The van der Waals surface area contributed by atoms with Crippen LogP contribution in [0.5, 0.6) is 0 Å². The summed E-state index contributed by atoms with van der Waals surface area (Å²) in [4.78, 5) is 31.0. The molecule has 296 valence electrons. The van der Waals surface area contributed by atoms with Crippen LogP contribution in [0.1, 0.15) is 144 Å². The smallest absolute Gasteiger partial charge is 0.342 e. The molecule has 4 heterocycles. The summed E-state index contributed by atoms with van der Waals surface area (Å²) < 4.78 is 42.8. The van der Waals surface area contributed by atoms with Gasteiger partial charge in [-0.1, -0.05) is 63.6 Å². The fourth-order valence-corrected chi connectivity index (χ4v) is 11.1. The maximum Gasteiger partial charge on any atom is 0.416 e. The van der Waals surface area contributed by atoms with Crippen molar-refractivity contribution in [2.75, 3.05) is 10.2 Å². The van der Waals surface area contributed by atoms with Gasteiger partial charge in [0, 0.05) is 80.4 Å². The molecule has 0 bridgehead atoms. The maximum atomic E-state index is 14.7. The van der Waals surface area contributed by atoms with Crippen LogP contribution in [0.2, 0.25) is 5.02 Å². The molecule has 0 saturated heterocycles. The number of aromatic amines is 2. The van der Waals surface area contributed by atoms with Crippen LogP contribution in [0.4, 0.5) is 30.5 Å². The van der Waals surface area contributed by atoms with Gasteiger partial charge >= 0.3 is 6.18 Å². The van der Waals surface area contributed by atoms with Gasteiger partial charge in [0.2, 0.25) is 0 Å². The van der Waals surface area contributed by atoms with Gasteiger partial charge in [0.1, 0.15) is 0 Å². The third-order valence-corrected chi connectivity index (χ3v) is 13.8. The zero-order chi connectivity index (χ0) is 40.2. The number of allylic oxidation sites excluding steroid dienone is 4. The molecule has 0 radical (unpaired) electrons. The Morgan fingerprint density at radius 1 is 0.754 bits per heavy atom. The van der Waals surface area contributed by atoms with E-state index in [1.807, 2.05) is 43.9 Å². The zero-order valence-corrected chi connectivity index (χ0v) is 33.8. The van der Waals surface area contributed by atoms with Crippen molar-refractivity contribution < 1.29 is 22.8 Å². The van der Waals surface area contributed by atoms with E-state index in [4.69, 9.17) is 21.8 Å². The summed E-state index contributed by atoms with van der Waals surface area (Å²) in [6.07, 6.45) is 1.20. The molecule has 2 aromatic carbocycles. The van der Waals surface area contributed by atoms with Crippen molar-refractivity contribution >= 4 is 40.5 Å². The number of benzene rings is 2. The number of alkyl halides is 3. The second-order valence-corrected chi connectivity index (χ2v) is 19.7. The predicted octanol–water partition coefficient (Wildman–Crippen LogP) is 11.0. The van der Waals surface area contributed by atoms with Gasteiger partial charge in [0.25, 0.3) is 0 Å². The van der Waals surface area contributed by atoms with Crippen molar-refractivity contribution in [3.63, 3.8) is 0 Å². The summed E-state index contributed by atoms with van der Waals surface area (Å²) in [5, 5.41) is 20.3. The normalized spacial score (nSPS) is 26.5. The second-order valence-electron chi connectivity index (χ2n) is 19.3. The maximum absolute atomic E-state index is 14.7. The first-order chi connectivity index (χ1) is 26.8. The number of anilines is 3. The number of hydrogen-bond acceptors (Lipinski definition) is 6. The quantitative estimate of drug-likeness (QED) is 0.186. The molecule has 10 rings (SSSR count). The highest BCUT2D eigenvalue weighted by molar-refractivity contribution is 6.32. The number of H-pyrrole nitrogens is 2. The molecule has 4 aromatic rings. The number of carbonyl (C=O) groups is 2. The molecule has 2 fully saturated rings. The van der Waals surface area contributed by atoms with Crippen LogP contribution in [0.15, 0.2) is 65.0 Å². The highest BCUT2D eigenvalue weighted by Gasteiger charge is 2.55. The first kappa shape index (κ1) is 36.7. The zero-order valence-electron chi connectivity index (χ0n) is 33.0. The van der Waals surface area contributed by atoms with E-state index in [0.717, 1.165) is 76.9 Å². The Balaban J connectivity index is 1.19. The van der Waals surface area contributed by atoms with Crippen molar-refractivity contribution in [3.8, 4) is 0 Å². The van der Waals surface area contributed by atoms with Gasteiger partial charge in [0.15, 0.2) is 23.2 Å². The van der Waals surface area contributed by atoms with Gasteiger partial charge in [-0.05, 0) is 92.5 Å². The van der Waals surface area contributed by atoms with Crippen molar-refractivity contribution in [1.82, 2.24) is 20.4 Å². The first-order valence-corrected chi connectivity index (χ1v) is 20.5. The summed E-state index contributed by atoms with van der Waals surface area (Å²) >= 11 is 7.52. The van der Waals surface area contributed by atoms with Crippen molar-refractivity contribution in [2.24, 2.45) is 10.8 Å². The average Bonchev–Trinajstić information content (AvgIpc) is 4.05. The second kappa shape index (κ2) is 11.7. The molecule has 57 heavy (non-hydrogen) atoms. The van der Waals surface area contributed by atoms with E-state index in [1.54, 1.807) is 6.07 Å². The summed E-state index contributed by atoms with van der Waals surface area (Å²) in [7, 11) is 0. The largest absolute Gasteiger partial charge is 0.416 e. The number of rotatable bonds is 5. The summed E-state index contributed by atoms with van der Waals surface area (Å²) in [5.74, 6) is 1.75. The molecule has 2 saturated carbocycles. The number of Topliss-reactive ketones (excluding diaryl/α,β-unsaturated/α-hetero) is 2. The lowest BCUT2D eigenvalue weighted by Gasteiger charge is -2.48. The molecule has 4 aliphatic carbocycles. The van der Waals surface area contributed by atoms with Crippen LogP contribution >= 0.6 is 11.6 Å². The van der Waals surface area contributed by atoms with Crippen molar-refractivity contribution in [3.05, 3.63) is 109 Å². The molecular weight excluding hydrogens is 749 g/mol. The van der Waals surface area contributed by atoms with Gasteiger partial charge < -0.3 is 5.32 Å². The molecule has 12 heteroatoms. The van der Waals surface area contributed by atoms with Crippen LogP contribution in [0.25, 0.3) is 0 Å². The Bertz CT molecular complexity index is 2520. The molecule has 6 aliphatic rings. The van der Waals surface area contributed by atoms with Crippen LogP contribution in [-0.4, -0.2) is 32.0 Å². The van der Waals surface area contributed by atoms with Crippen LogP contribution < -0.4 is 10.2 Å². The van der Waals surface area contributed by atoms with E-state index in [9.17, 15) is 22.8 Å². The van der Waals surface area contributed by atoms with Gasteiger partial charge in [-0.25, -0.2) is 0 Å². The number of hydrogen-bond donors (Lipinski definition) is 3. The molecule has 1 unspecified atom stereocenters. The Kier molecular flexibility index (Phi) is 7.55. The fourth-order valence-electron chi connectivity index (χ4n) is 10.8. The SMILES string of the molecule is CC1(C)CC(=O)C2=C(C1)Nc1n[nH]c(C3CC3)c1C2(C)c1ccc(N2C3=C(C(=O)CC(C)(C)C3)[C@@](C)(c3cccc(C(F)(F)F)c3)c3c2n[nH]c3C2CC2)cc1Cl. The number of nitrogens with zero attached hydrogens (tertiary/aromatic N) is 3. The highest BCUT2D eigenvalue weighted by Crippen LogP contribution is 2.61. The van der Waals surface area contributed by atoms with Gasteiger partial charge in [0.05, 0.1) is 16.4 Å². The Morgan fingerprint density at radius 3 is 2.04 bits per heavy atom. The number of ketones is 2.